The molecule has 2 saturated heterocycles. The van der Waals surface area contributed by atoms with Crippen molar-refractivity contribution in [1.29, 1.82) is 0 Å². The molecule has 32 heavy (non-hydrogen) atoms. The van der Waals surface area contributed by atoms with Gasteiger partial charge in [0, 0.05) is 50.4 Å². The van der Waals surface area contributed by atoms with Crippen molar-refractivity contribution in [3.05, 3.63) is 47.1 Å². The van der Waals surface area contributed by atoms with Crippen LogP contribution in [0.25, 0.3) is 11.2 Å². The van der Waals surface area contributed by atoms with Gasteiger partial charge in [-0.05, 0) is 42.8 Å². The van der Waals surface area contributed by atoms with Crippen LogP contribution in [0.4, 0.5) is 20.5 Å². The lowest BCUT2D eigenvalue weighted by Crippen LogP contribution is -2.49. The molecule has 0 atom stereocenters. The summed E-state index contributed by atoms with van der Waals surface area (Å²) in [5.74, 6) is -2.74. The first-order valence-electron chi connectivity index (χ1n) is 10.6. The quantitative estimate of drug-likeness (QED) is 0.548. The van der Waals surface area contributed by atoms with Crippen LogP contribution in [-0.4, -0.2) is 66.0 Å². The van der Waals surface area contributed by atoms with Crippen molar-refractivity contribution in [2.24, 2.45) is 0 Å². The van der Waals surface area contributed by atoms with E-state index in [-0.39, 0.29) is 18.9 Å². The van der Waals surface area contributed by atoms with E-state index in [4.69, 9.17) is 16.0 Å². The molecule has 0 unspecified atom stereocenters. The molecule has 2 fully saturated rings. The largest absolute Gasteiger partial charge is 0.422 e. The zero-order valence-corrected chi connectivity index (χ0v) is 18.1. The summed E-state index contributed by atoms with van der Waals surface area (Å²) in [6.45, 7) is 2.51. The Morgan fingerprint density at radius 2 is 1.72 bits per heavy atom. The minimum Gasteiger partial charge on any atom is -0.422 e. The highest BCUT2D eigenvalue weighted by Gasteiger charge is 2.35. The molecule has 0 spiro atoms. The molecule has 2 aromatic heterocycles. The average molecular weight is 462 g/mol. The van der Waals surface area contributed by atoms with E-state index in [9.17, 15) is 13.6 Å². The molecule has 2 aliphatic rings. The number of carbonyl (C=O) groups excluding carboxylic acids is 1. The molecular formula is C22H22ClF2N5O2. The summed E-state index contributed by atoms with van der Waals surface area (Å²) in [7, 11) is 0. The Hall–Kier alpha value is -2.94. The first-order valence-corrected chi connectivity index (χ1v) is 11.0. The monoisotopic (exact) mass is 461 g/mol. The third kappa shape index (κ3) is 4.21. The van der Waals surface area contributed by atoms with E-state index in [1.165, 1.54) is 0 Å². The zero-order chi connectivity index (χ0) is 22.3. The molecule has 0 saturated carbocycles. The number of carbonyl (C=O) groups is 1. The van der Waals surface area contributed by atoms with Crippen LogP contribution >= 0.6 is 11.6 Å². The first kappa shape index (κ1) is 20.9. The van der Waals surface area contributed by atoms with Gasteiger partial charge in [-0.1, -0.05) is 11.6 Å². The maximum absolute atomic E-state index is 13.7. The molecule has 0 N–H and O–H groups in total. The number of rotatable bonds is 3. The lowest BCUT2D eigenvalue weighted by molar-refractivity contribution is -0.0116. The number of halogens is 3. The van der Waals surface area contributed by atoms with Gasteiger partial charge in [0.25, 0.3) is 17.8 Å². The lowest BCUT2D eigenvalue weighted by Gasteiger charge is -2.35. The summed E-state index contributed by atoms with van der Waals surface area (Å²) >= 11 is 5.91. The van der Waals surface area contributed by atoms with Gasteiger partial charge in [-0.3, -0.25) is 4.79 Å². The molecule has 10 heteroatoms. The number of nitrogens with zero attached hydrogens (tertiary/aromatic N) is 5. The van der Waals surface area contributed by atoms with Crippen molar-refractivity contribution in [2.75, 3.05) is 49.1 Å². The number of aromatic nitrogens is 2. The lowest BCUT2D eigenvalue weighted by atomic mass is 10.1. The summed E-state index contributed by atoms with van der Waals surface area (Å²) in [6, 6.07) is 10.8. The van der Waals surface area contributed by atoms with E-state index in [0.717, 1.165) is 5.69 Å². The highest BCUT2D eigenvalue weighted by atomic mass is 35.5. The highest BCUT2D eigenvalue weighted by molar-refractivity contribution is 6.29. The fraction of sp³-hybridized carbons (Fsp3) is 0.409. The molecule has 0 bridgehead atoms. The van der Waals surface area contributed by atoms with Crippen molar-refractivity contribution in [3.8, 4) is 0 Å². The maximum Gasteiger partial charge on any atom is 0.300 e. The van der Waals surface area contributed by atoms with Gasteiger partial charge < -0.3 is 19.1 Å². The minimum atomic E-state index is -2.66. The highest BCUT2D eigenvalue weighted by Crippen LogP contribution is 2.30. The molecule has 3 aromatic rings. The van der Waals surface area contributed by atoms with E-state index in [1.807, 2.05) is 4.90 Å². The molecule has 2 aliphatic heterocycles. The summed E-state index contributed by atoms with van der Waals surface area (Å²) in [6.07, 6.45) is 0.390. The molecule has 0 aliphatic carbocycles. The first-order chi connectivity index (χ1) is 15.4. The number of benzene rings is 1. The van der Waals surface area contributed by atoms with Crippen LogP contribution in [0.2, 0.25) is 5.15 Å². The van der Waals surface area contributed by atoms with Gasteiger partial charge in [0.1, 0.15) is 5.15 Å². The molecule has 1 aromatic carbocycles. The van der Waals surface area contributed by atoms with Crippen LogP contribution in [0, 0.1) is 0 Å². The normalized spacial score (nSPS) is 18.9. The minimum absolute atomic E-state index is 0.0696. The van der Waals surface area contributed by atoms with E-state index in [0.29, 0.717) is 67.1 Å². The van der Waals surface area contributed by atoms with Gasteiger partial charge in [-0.15, -0.1) is 0 Å². The summed E-state index contributed by atoms with van der Waals surface area (Å²) in [4.78, 5) is 26.9. The van der Waals surface area contributed by atoms with Crippen LogP contribution < -0.4 is 9.80 Å². The van der Waals surface area contributed by atoms with Gasteiger partial charge in [0.2, 0.25) is 5.65 Å². The third-order valence-electron chi connectivity index (χ3n) is 5.92. The maximum atomic E-state index is 13.7. The summed E-state index contributed by atoms with van der Waals surface area (Å²) in [5, 5.41) is 0.354. The number of amides is 1. The molecular weight excluding hydrogens is 440 g/mol. The second-order valence-corrected chi connectivity index (χ2v) is 8.55. The number of alkyl halides is 2. The van der Waals surface area contributed by atoms with Crippen molar-refractivity contribution in [3.63, 3.8) is 0 Å². The molecule has 0 radical (unpaired) electrons. The number of hydrogen-bond donors (Lipinski definition) is 0. The van der Waals surface area contributed by atoms with Gasteiger partial charge in [0.15, 0.2) is 5.58 Å². The van der Waals surface area contributed by atoms with Gasteiger partial charge >= 0.3 is 0 Å². The van der Waals surface area contributed by atoms with E-state index in [1.54, 1.807) is 46.2 Å². The smallest absolute Gasteiger partial charge is 0.300 e. The molecule has 5 rings (SSSR count). The zero-order valence-electron chi connectivity index (χ0n) is 17.3. The second-order valence-electron chi connectivity index (χ2n) is 8.16. The number of fused-ring (bicyclic) bond motifs is 1. The summed E-state index contributed by atoms with van der Waals surface area (Å²) < 4.78 is 33.2. The molecule has 7 nitrogen and oxygen atoms in total. The van der Waals surface area contributed by atoms with E-state index in [2.05, 4.69) is 9.97 Å². The Morgan fingerprint density at radius 3 is 2.44 bits per heavy atom. The Morgan fingerprint density at radius 1 is 0.969 bits per heavy atom. The fourth-order valence-corrected chi connectivity index (χ4v) is 4.35. The van der Waals surface area contributed by atoms with Crippen LogP contribution in [0.3, 0.4) is 0 Å². The van der Waals surface area contributed by atoms with Crippen molar-refractivity contribution in [1.82, 2.24) is 14.9 Å². The Balaban J connectivity index is 1.21. The fourth-order valence-electron chi connectivity index (χ4n) is 4.20. The van der Waals surface area contributed by atoms with Crippen molar-refractivity contribution >= 4 is 40.4 Å². The third-order valence-corrected chi connectivity index (χ3v) is 6.13. The standard InChI is InChI=1S/C22H22ClF2N5O2/c23-18-7-6-17-19(26-18)27-21(32-17)29-12-10-28(11-13-29)20(31)15-2-4-16(5-3-15)30-9-1-8-22(24,25)14-30/h2-7H,1,8-14H2. The van der Waals surface area contributed by atoms with Gasteiger partial charge in [-0.25, -0.2) is 13.8 Å². The molecule has 168 valence electrons. The number of oxazole rings is 1. The van der Waals surface area contributed by atoms with Crippen molar-refractivity contribution < 1.29 is 18.0 Å². The van der Waals surface area contributed by atoms with Gasteiger partial charge in [0.05, 0.1) is 6.54 Å². The predicted molar refractivity (Wildman–Crippen MR) is 118 cm³/mol. The topological polar surface area (TPSA) is 65.7 Å². The van der Waals surface area contributed by atoms with Crippen LogP contribution in [-0.2, 0) is 0 Å². The summed E-state index contributed by atoms with van der Waals surface area (Å²) in [5.41, 5.74) is 2.29. The number of pyridine rings is 1. The SMILES string of the molecule is O=C(c1ccc(N2CCCC(F)(F)C2)cc1)N1CCN(c2nc3nc(Cl)ccc3o2)CC1. The van der Waals surface area contributed by atoms with E-state index < -0.39 is 5.92 Å². The van der Waals surface area contributed by atoms with E-state index >= 15 is 0 Å². The Kier molecular flexibility index (Phi) is 5.36. The number of hydrogen-bond acceptors (Lipinski definition) is 6. The van der Waals surface area contributed by atoms with Crippen LogP contribution in [0.1, 0.15) is 23.2 Å². The Bertz CT molecular complexity index is 1130. The van der Waals surface area contributed by atoms with Crippen LogP contribution in [0.15, 0.2) is 40.8 Å². The number of piperazine rings is 1. The van der Waals surface area contributed by atoms with Crippen molar-refractivity contribution in [2.45, 2.75) is 18.8 Å². The molecule has 4 heterocycles. The second kappa shape index (κ2) is 8.20. The molecule has 1 amide bonds. The average Bonchev–Trinajstić information content (AvgIpc) is 3.21. The Labute approximate surface area is 188 Å². The van der Waals surface area contributed by atoms with Crippen LogP contribution in [0.5, 0.6) is 0 Å². The predicted octanol–water partition coefficient (Wildman–Crippen LogP) is 4.07. The number of anilines is 2. The number of piperidine rings is 1. The van der Waals surface area contributed by atoms with Gasteiger partial charge in [-0.2, -0.15) is 4.98 Å².